The molecule has 8 heteroatoms. The fourth-order valence-electron chi connectivity index (χ4n) is 2.24. The van der Waals surface area contributed by atoms with Gasteiger partial charge in [0.05, 0.1) is 0 Å². The quantitative estimate of drug-likeness (QED) is 0.833. The molecule has 2 N–H and O–H groups in total. The molecule has 1 saturated heterocycles. The molecule has 0 aliphatic carbocycles. The zero-order chi connectivity index (χ0) is 14.9. The molecule has 1 aliphatic heterocycles. The van der Waals surface area contributed by atoms with Gasteiger partial charge in [-0.3, -0.25) is 0 Å². The number of hydrogen-bond acceptors (Lipinski definition) is 3. The van der Waals surface area contributed by atoms with Gasteiger partial charge in [0.2, 0.25) is 10.0 Å². The molecule has 20 heavy (non-hydrogen) atoms. The number of benzene rings is 1. The normalized spacial score (nSPS) is 23.8. The Bertz CT molecular complexity index is 607. The molecule has 1 aromatic carbocycles. The molecule has 1 heterocycles. The third kappa shape index (κ3) is 3.13. The third-order valence-corrected chi connectivity index (χ3v) is 4.77. The van der Waals surface area contributed by atoms with Crippen molar-refractivity contribution in [3.05, 3.63) is 29.6 Å². The molecular weight excluding hydrogens is 293 g/mol. The summed E-state index contributed by atoms with van der Waals surface area (Å²) in [5.41, 5.74) is 0. The largest absolute Gasteiger partial charge is 0.314 e. The average Bonchev–Trinajstić information content (AvgIpc) is 2.35. The highest BCUT2D eigenvalue weighted by atomic mass is 32.2. The van der Waals surface area contributed by atoms with Crippen LogP contribution in [0.25, 0.3) is 0 Å². The molecular formula is C12H15F3N2O2S. The van der Waals surface area contributed by atoms with E-state index in [4.69, 9.17) is 0 Å². The van der Waals surface area contributed by atoms with Crippen molar-refractivity contribution in [2.24, 2.45) is 0 Å². The van der Waals surface area contributed by atoms with Gasteiger partial charge >= 0.3 is 0 Å². The van der Waals surface area contributed by atoms with E-state index in [2.05, 4.69) is 10.0 Å². The maximum Gasteiger partial charge on any atom is 0.243 e. The fourth-order valence-corrected chi connectivity index (χ4v) is 3.59. The van der Waals surface area contributed by atoms with Crippen molar-refractivity contribution in [1.82, 2.24) is 10.0 Å². The van der Waals surface area contributed by atoms with Crippen molar-refractivity contribution in [3.8, 4) is 0 Å². The van der Waals surface area contributed by atoms with Gasteiger partial charge in [-0.15, -0.1) is 0 Å². The Labute approximate surface area is 115 Å². The van der Waals surface area contributed by atoms with E-state index >= 15 is 0 Å². The first-order valence-electron chi connectivity index (χ1n) is 6.20. The molecule has 0 radical (unpaired) electrons. The second-order valence-corrected chi connectivity index (χ2v) is 6.55. The van der Waals surface area contributed by atoms with Crippen LogP contribution in [-0.4, -0.2) is 27.0 Å². The Kier molecular flexibility index (Phi) is 4.36. The van der Waals surface area contributed by atoms with Gasteiger partial charge in [-0.1, -0.05) is 0 Å². The monoisotopic (exact) mass is 308 g/mol. The summed E-state index contributed by atoms with van der Waals surface area (Å²) >= 11 is 0. The maximum absolute atomic E-state index is 13.5. The maximum atomic E-state index is 13.5. The lowest BCUT2D eigenvalue weighted by molar-refractivity contribution is 0.360. The Hall–Kier alpha value is -1.12. The van der Waals surface area contributed by atoms with Crippen molar-refractivity contribution < 1.29 is 21.6 Å². The number of sulfonamides is 1. The lowest BCUT2D eigenvalue weighted by Crippen LogP contribution is -2.46. The zero-order valence-corrected chi connectivity index (χ0v) is 11.6. The van der Waals surface area contributed by atoms with Gasteiger partial charge in [-0.05, 0) is 38.4 Å². The molecule has 1 aromatic rings. The molecule has 2 unspecified atom stereocenters. The first kappa shape index (κ1) is 15.3. The third-order valence-electron chi connectivity index (χ3n) is 3.23. The second kappa shape index (κ2) is 5.71. The van der Waals surface area contributed by atoms with Gasteiger partial charge in [0, 0.05) is 12.1 Å². The second-order valence-electron chi connectivity index (χ2n) is 4.87. The van der Waals surface area contributed by atoms with Crippen LogP contribution in [0.5, 0.6) is 0 Å². The Balaban J connectivity index is 2.25. The predicted octanol–water partition coefficient (Wildman–Crippen LogP) is 1.52. The number of halogens is 3. The Morgan fingerprint density at radius 3 is 2.60 bits per heavy atom. The van der Waals surface area contributed by atoms with Gasteiger partial charge in [-0.25, -0.2) is 26.3 Å². The van der Waals surface area contributed by atoms with Crippen LogP contribution in [0.1, 0.15) is 19.8 Å². The van der Waals surface area contributed by atoms with Crippen LogP contribution in [-0.2, 0) is 10.0 Å². The highest BCUT2D eigenvalue weighted by Crippen LogP contribution is 2.21. The van der Waals surface area contributed by atoms with Crippen molar-refractivity contribution in [3.63, 3.8) is 0 Å². The fraction of sp³-hybridized carbons (Fsp3) is 0.500. The van der Waals surface area contributed by atoms with E-state index in [9.17, 15) is 21.6 Å². The number of nitrogens with one attached hydrogen (secondary N) is 2. The van der Waals surface area contributed by atoms with E-state index in [1.807, 2.05) is 6.92 Å². The first-order valence-corrected chi connectivity index (χ1v) is 7.69. The van der Waals surface area contributed by atoms with Crippen LogP contribution < -0.4 is 10.0 Å². The molecule has 1 aliphatic rings. The summed E-state index contributed by atoms with van der Waals surface area (Å²) in [7, 11) is -4.21. The van der Waals surface area contributed by atoms with Crippen LogP contribution in [0, 0.1) is 17.5 Å². The van der Waals surface area contributed by atoms with Gasteiger partial charge in [0.1, 0.15) is 4.90 Å². The van der Waals surface area contributed by atoms with E-state index < -0.39 is 32.4 Å². The highest BCUT2D eigenvalue weighted by molar-refractivity contribution is 7.89. The molecule has 2 rings (SSSR count). The minimum atomic E-state index is -4.21. The van der Waals surface area contributed by atoms with Crippen molar-refractivity contribution in [1.29, 1.82) is 0 Å². The SMILES string of the molecule is CC1CC(NS(=O)(=O)c2ccc(F)c(F)c2F)CCN1. The van der Waals surface area contributed by atoms with Crippen LogP contribution in [0.3, 0.4) is 0 Å². The van der Waals surface area contributed by atoms with Crippen molar-refractivity contribution in [2.45, 2.75) is 36.7 Å². The average molecular weight is 308 g/mol. The highest BCUT2D eigenvalue weighted by Gasteiger charge is 2.28. The summed E-state index contributed by atoms with van der Waals surface area (Å²) in [6, 6.07) is 1.09. The minimum absolute atomic E-state index is 0.131. The van der Waals surface area contributed by atoms with Crippen LogP contribution in [0.2, 0.25) is 0 Å². The van der Waals surface area contributed by atoms with E-state index in [1.165, 1.54) is 0 Å². The summed E-state index contributed by atoms with van der Waals surface area (Å²) < 4.78 is 65.9. The molecule has 1 fully saturated rings. The zero-order valence-electron chi connectivity index (χ0n) is 10.8. The van der Waals surface area contributed by atoms with Gasteiger partial charge in [0.15, 0.2) is 17.5 Å². The van der Waals surface area contributed by atoms with Crippen LogP contribution >= 0.6 is 0 Å². The van der Waals surface area contributed by atoms with E-state index in [-0.39, 0.29) is 12.1 Å². The molecule has 2 atom stereocenters. The molecule has 0 spiro atoms. The van der Waals surface area contributed by atoms with E-state index in [1.54, 1.807) is 0 Å². The lowest BCUT2D eigenvalue weighted by atomic mass is 10.0. The first-order chi connectivity index (χ1) is 9.31. The Morgan fingerprint density at radius 2 is 1.95 bits per heavy atom. The van der Waals surface area contributed by atoms with Gasteiger partial charge in [0.25, 0.3) is 0 Å². The molecule has 0 amide bonds. The van der Waals surface area contributed by atoms with Crippen molar-refractivity contribution in [2.75, 3.05) is 6.54 Å². The predicted molar refractivity (Wildman–Crippen MR) is 67.1 cm³/mol. The smallest absolute Gasteiger partial charge is 0.243 e. The molecule has 0 saturated carbocycles. The number of rotatable bonds is 3. The van der Waals surface area contributed by atoms with Crippen molar-refractivity contribution >= 4 is 10.0 Å². The van der Waals surface area contributed by atoms with E-state index in [0.717, 1.165) is 6.07 Å². The van der Waals surface area contributed by atoms with Gasteiger partial charge in [-0.2, -0.15) is 0 Å². The standard InChI is InChI=1S/C12H15F3N2O2S/c1-7-6-8(4-5-16-7)17-20(18,19)10-3-2-9(13)11(14)12(10)15/h2-3,7-8,16-17H,4-6H2,1H3. The number of hydrogen-bond donors (Lipinski definition) is 2. The minimum Gasteiger partial charge on any atom is -0.314 e. The molecule has 112 valence electrons. The summed E-state index contributed by atoms with van der Waals surface area (Å²) in [4.78, 5) is -0.873. The van der Waals surface area contributed by atoms with Crippen LogP contribution in [0.15, 0.2) is 17.0 Å². The van der Waals surface area contributed by atoms with Gasteiger partial charge < -0.3 is 5.32 Å². The summed E-state index contributed by atoms with van der Waals surface area (Å²) in [5, 5.41) is 3.15. The topological polar surface area (TPSA) is 58.2 Å². The summed E-state index contributed by atoms with van der Waals surface area (Å²) in [6.07, 6.45) is 1.10. The Morgan fingerprint density at radius 1 is 1.25 bits per heavy atom. The molecule has 0 bridgehead atoms. The molecule has 0 aromatic heterocycles. The van der Waals surface area contributed by atoms with Crippen LogP contribution in [0.4, 0.5) is 13.2 Å². The number of piperidine rings is 1. The molecule has 4 nitrogen and oxygen atoms in total. The van der Waals surface area contributed by atoms with E-state index in [0.29, 0.717) is 25.5 Å². The lowest BCUT2D eigenvalue weighted by Gasteiger charge is -2.28. The summed E-state index contributed by atoms with van der Waals surface area (Å²) in [5.74, 6) is -4.90. The summed E-state index contributed by atoms with van der Waals surface area (Å²) in [6.45, 7) is 2.53.